The lowest BCUT2D eigenvalue weighted by Gasteiger charge is -2.52. The summed E-state index contributed by atoms with van der Waals surface area (Å²) in [7, 11) is 0. The molecule has 0 aromatic rings. The van der Waals surface area contributed by atoms with Crippen molar-refractivity contribution in [2.45, 2.75) is 211 Å². The number of nitrogens with one attached hydrogen (secondary N) is 4. The molecule has 0 spiro atoms. The fraction of sp³-hybridized carbons (Fsp3) is 0.913. The van der Waals surface area contributed by atoms with Crippen molar-refractivity contribution in [1.82, 2.24) is 21.3 Å². The van der Waals surface area contributed by atoms with E-state index in [4.69, 9.17) is 56.8 Å². The van der Waals surface area contributed by atoms with Crippen LogP contribution in [0.1, 0.15) is 20.8 Å². The molecular weight excluding hydrogens is 1140 g/mol. The molecule has 4 amide bonds. The van der Waals surface area contributed by atoms with Crippen molar-refractivity contribution in [3.8, 4) is 0 Å². The summed E-state index contributed by atoms with van der Waals surface area (Å²) in [6.07, 6.45) is -52.3. The number of amides is 4. The summed E-state index contributed by atoms with van der Waals surface area (Å²) in [6, 6.07) is -6.22. The van der Waals surface area contributed by atoms with E-state index in [1.54, 1.807) is 0 Å². The highest BCUT2D eigenvalue weighted by Crippen LogP contribution is 2.38. The summed E-state index contributed by atoms with van der Waals surface area (Å²) in [6.45, 7) is -4.22. The maximum Gasteiger partial charge on any atom is 0.217 e. The van der Waals surface area contributed by atoms with Gasteiger partial charge in [-0.25, -0.2) is 0 Å². The number of ether oxygens (including phenoxy) is 12. The summed E-state index contributed by atoms with van der Waals surface area (Å²) in [4.78, 5) is 48.6. The van der Waals surface area contributed by atoms with Crippen LogP contribution in [0.15, 0.2) is 0 Å². The van der Waals surface area contributed by atoms with Crippen molar-refractivity contribution in [1.29, 1.82) is 0 Å². The van der Waals surface area contributed by atoms with Gasteiger partial charge in [0.25, 0.3) is 0 Å². The highest BCUT2D eigenvalue weighted by molar-refractivity contribution is 5.74. The van der Waals surface area contributed by atoms with E-state index >= 15 is 0 Å². The zero-order valence-electron chi connectivity index (χ0n) is 44.8. The van der Waals surface area contributed by atoms with Crippen molar-refractivity contribution >= 4 is 24.1 Å². The number of carbonyl (C=O) groups excluding carboxylic acids is 4. The third kappa shape index (κ3) is 15.9. The van der Waals surface area contributed by atoms with Crippen LogP contribution in [-0.4, -0.2) is 354 Å². The molecule has 0 radical (unpaired) electrons. The molecule has 0 aromatic heterocycles. The molecule has 0 aliphatic carbocycles. The van der Waals surface area contributed by atoms with E-state index in [1.165, 1.54) is 0 Å². The minimum absolute atomic E-state index is 0.257. The molecule has 6 aliphatic rings. The largest absolute Gasteiger partial charge is 0.394 e. The molecule has 0 saturated carbocycles. The van der Waals surface area contributed by atoms with Crippen molar-refractivity contribution < 1.29 is 163 Å². The molecule has 31 atom stereocenters. The molecule has 83 heavy (non-hydrogen) atoms. The Bertz CT molecular complexity index is 2040. The first-order chi connectivity index (χ1) is 39.4. The van der Waals surface area contributed by atoms with Crippen molar-refractivity contribution in [2.24, 2.45) is 0 Å². The van der Waals surface area contributed by atoms with Crippen LogP contribution in [0.25, 0.3) is 0 Å². The van der Waals surface area contributed by atoms with Gasteiger partial charge in [-0.3, -0.25) is 19.2 Å². The molecule has 0 unspecified atom stereocenters. The molecule has 6 rings (SSSR count). The Balaban J connectivity index is 1.34. The Morgan fingerprint density at radius 3 is 1.16 bits per heavy atom. The molecule has 37 heteroatoms. The summed E-state index contributed by atoms with van der Waals surface area (Å²) in [5.74, 6) is -2.51. The van der Waals surface area contributed by atoms with Gasteiger partial charge in [0.1, 0.15) is 146 Å². The second kappa shape index (κ2) is 31.1. The van der Waals surface area contributed by atoms with E-state index in [2.05, 4.69) is 21.3 Å². The van der Waals surface area contributed by atoms with E-state index < -0.39 is 261 Å². The Hall–Kier alpha value is -3.28. The predicted molar refractivity (Wildman–Crippen MR) is 258 cm³/mol. The first kappa shape index (κ1) is 68.8. The van der Waals surface area contributed by atoms with Crippen molar-refractivity contribution in [3.05, 3.63) is 0 Å². The molecule has 37 nitrogen and oxygen atoms in total. The van der Waals surface area contributed by atoms with E-state index in [-0.39, 0.29) is 6.41 Å². The molecular formula is C46H78N4O33. The number of carbonyl (C=O) groups is 4. The molecule has 6 heterocycles. The third-order valence-electron chi connectivity index (χ3n) is 14.6. The van der Waals surface area contributed by atoms with Crippen LogP contribution in [0.2, 0.25) is 0 Å². The first-order valence-corrected chi connectivity index (χ1v) is 26.3. The van der Waals surface area contributed by atoms with Gasteiger partial charge in [-0.1, -0.05) is 0 Å². The first-order valence-electron chi connectivity index (χ1n) is 26.3. The normalized spacial score (nSPS) is 45.4. The molecule has 6 saturated heterocycles. The number of hydrogen-bond acceptors (Lipinski definition) is 33. The number of aliphatic hydroxyl groups is 17. The fourth-order valence-electron chi connectivity index (χ4n) is 10.3. The maximum atomic E-state index is 13.1. The lowest BCUT2D eigenvalue weighted by molar-refractivity contribution is -0.396. The standard InChI is InChI=1S/C46H78N4O33/c1-13(59)48-23-29(65)26(62)17(5-52)73-41(23)79-36-21(9-56)77-45(34(70)32(36)68)82-39-25(50-15(3)61)43(75-19(7-54)28(39)64)83-40-35(71)46(80-37-20(8-55)76-44(33(69)31(37)67)72-11-16(4-51)47-12-58)78-22(10-57)38(40)81-42-24(49-14(2)60)30(66)27(63)18(6-53)74-42/h12,16-46,51-57,62-71H,4-11H2,1-3H3,(H,47,58)(H,48,59)(H,49,60)(H,50,61)/t16-,17-,18-,19-,20-,21-,22-,23-,24-,25-,26+,27+,28-,29-,30-,31-,32-,33-,34-,35-,36+,37-,38+,39-,40-,41+,42+,43+,44-,45+,46+/m1/s1. The maximum absolute atomic E-state index is 13.1. The van der Waals surface area contributed by atoms with Gasteiger partial charge in [-0.15, -0.1) is 0 Å². The minimum Gasteiger partial charge on any atom is -0.394 e. The summed E-state index contributed by atoms with van der Waals surface area (Å²) < 4.78 is 70.6. The van der Waals surface area contributed by atoms with Crippen LogP contribution in [0.3, 0.4) is 0 Å². The van der Waals surface area contributed by atoms with Crippen molar-refractivity contribution in [3.63, 3.8) is 0 Å². The monoisotopic (exact) mass is 1210 g/mol. The summed E-state index contributed by atoms with van der Waals surface area (Å²) in [5, 5.41) is 194. The third-order valence-corrected chi connectivity index (χ3v) is 14.6. The van der Waals surface area contributed by atoms with Gasteiger partial charge >= 0.3 is 0 Å². The van der Waals surface area contributed by atoms with E-state index in [1.807, 2.05) is 0 Å². The topological polar surface area (TPSA) is 571 Å². The van der Waals surface area contributed by atoms with Crippen LogP contribution >= 0.6 is 0 Å². The highest BCUT2D eigenvalue weighted by Gasteiger charge is 2.59. The molecule has 21 N–H and O–H groups in total. The lowest BCUT2D eigenvalue weighted by Crippen LogP contribution is -2.71. The average molecular weight is 1220 g/mol. The molecule has 6 fully saturated rings. The Kier molecular flexibility index (Phi) is 25.8. The van der Waals surface area contributed by atoms with Crippen LogP contribution in [0, 0.1) is 0 Å². The number of rotatable bonds is 25. The summed E-state index contributed by atoms with van der Waals surface area (Å²) >= 11 is 0. The second-order valence-electron chi connectivity index (χ2n) is 20.4. The Morgan fingerprint density at radius 2 is 0.723 bits per heavy atom. The molecule has 6 aliphatic heterocycles. The fourth-order valence-corrected chi connectivity index (χ4v) is 10.3. The second-order valence-corrected chi connectivity index (χ2v) is 20.4. The van der Waals surface area contributed by atoms with Gasteiger partial charge in [0, 0.05) is 20.8 Å². The van der Waals surface area contributed by atoms with Gasteiger partial charge in [0.05, 0.1) is 58.9 Å². The molecule has 480 valence electrons. The summed E-state index contributed by atoms with van der Waals surface area (Å²) in [5.41, 5.74) is 0. The van der Waals surface area contributed by atoms with Crippen LogP contribution in [-0.2, 0) is 76.0 Å². The van der Waals surface area contributed by atoms with Gasteiger partial charge in [-0.2, -0.15) is 0 Å². The van der Waals surface area contributed by atoms with Crippen LogP contribution in [0.4, 0.5) is 0 Å². The number of aliphatic hydroxyl groups excluding tert-OH is 17. The van der Waals surface area contributed by atoms with E-state index in [0.717, 1.165) is 20.8 Å². The van der Waals surface area contributed by atoms with Crippen molar-refractivity contribution in [2.75, 3.05) is 52.9 Å². The van der Waals surface area contributed by atoms with Crippen LogP contribution < -0.4 is 21.3 Å². The van der Waals surface area contributed by atoms with Gasteiger partial charge in [-0.05, 0) is 0 Å². The quantitative estimate of drug-likeness (QED) is 0.0377. The average Bonchev–Trinajstić information content (AvgIpc) is 3.50. The zero-order chi connectivity index (χ0) is 61.3. The lowest BCUT2D eigenvalue weighted by atomic mass is 9.93. The smallest absolute Gasteiger partial charge is 0.217 e. The van der Waals surface area contributed by atoms with Gasteiger partial charge in [0.2, 0.25) is 24.1 Å². The van der Waals surface area contributed by atoms with Gasteiger partial charge in [0.15, 0.2) is 37.7 Å². The number of hydrogen-bond donors (Lipinski definition) is 21. The van der Waals surface area contributed by atoms with Crippen LogP contribution in [0.5, 0.6) is 0 Å². The predicted octanol–water partition coefficient (Wildman–Crippen LogP) is -14.5. The zero-order valence-corrected chi connectivity index (χ0v) is 44.8. The van der Waals surface area contributed by atoms with Gasteiger partial charge < -0.3 is 165 Å². The highest BCUT2D eigenvalue weighted by atomic mass is 16.8. The Morgan fingerprint density at radius 1 is 0.386 bits per heavy atom. The molecule has 0 bridgehead atoms. The van der Waals surface area contributed by atoms with E-state index in [0.29, 0.717) is 0 Å². The molecule has 0 aromatic carbocycles. The van der Waals surface area contributed by atoms with E-state index in [9.17, 15) is 106 Å². The SMILES string of the molecule is CC(=O)N[C@H]1[C@H](O[C@@H]2[C@H](O)[C@@H](O)[C@H](O[C@H]3[C@H](O)[C@@H](CO)O[C@@H](O[C@@H]4[C@@H](O)[C@H](O[C@H]5[C@H](O)[C@@H](O)[C@H](OC[C@@H](CO)NC=O)O[C@@H]5CO)O[C@H](CO)[C@@H]4O[C@@H]4O[C@H](CO)[C@H](O)[C@H](O)[C@H]4NC(C)=O)[C@@H]3NC(C)=O)O[C@@H]2CO)O[C@H](CO)[C@H](O)[C@@H]1O. The Labute approximate surface area is 471 Å². The minimum atomic E-state index is -2.36.